The monoisotopic (exact) mass is 235 g/mol. The Morgan fingerprint density at radius 1 is 1.24 bits per heavy atom. The highest BCUT2D eigenvalue weighted by Gasteiger charge is 2.16. The molecule has 0 saturated carbocycles. The number of carbonyl (C=O) groups is 2. The van der Waals surface area contributed by atoms with E-state index in [1.54, 1.807) is 33.3 Å². The van der Waals surface area contributed by atoms with E-state index in [0.717, 1.165) is 5.69 Å². The molecule has 1 rings (SSSR count). The van der Waals surface area contributed by atoms with Gasteiger partial charge in [-0.05, 0) is 12.1 Å². The van der Waals surface area contributed by atoms with Crippen LogP contribution >= 0.6 is 0 Å². The van der Waals surface area contributed by atoms with E-state index in [0.29, 0.717) is 5.56 Å². The molecule has 0 aliphatic heterocycles. The summed E-state index contributed by atoms with van der Waals surface area (Å²) in [4.78, 5) is 24.7. The quantitative estimate of drug-likeness (QED) is 0.801. The number of benzene rings is 1. The molecule has 0 fully saturated rings. The largest absolute Gasteiger partial charge is 0.387 e. The number of nitrogens with zero attached hydrogens (tertiary/aromatic N) is 1. The molecule has 5 nitrogen and oxygen atoms in total. The standard InChI is InChI=1S/C12H17N3O2/c1-13-10-7-5-4-6-9(10)12(17)15(3)8-11(16)14-2/h4-7,13H,8H2,1-3H3,(H,14,16). The molecule has 17 heavy (non-hydrogen) atoms. The van der Waals surface area contributed by atoms with Crippen molar-refractivity contribution in [3.63, 3.8) is 0 Å². The Labute approximate surface area is 101 Å². The number of nitrogens with one attached hydrogen (secondary N) is 2. The average molecular weight is 235 g/mol. The molecule has 0 aromatic heterocycles. The van der Waals surface area contributed by atoms with E-state index in [-0.39, 0.29) is 18.4 Å². The summed E-state index contributed by atoms with van der Waals surface area (Å²) in [7, 11) is 4.90. The van der Waals surface area contributed by atoms with Crippen LogP contribution in [0.15, 0.2) is 24.3 Å². The third-order valence-corrected chi connectivity index (χ3v) is 2.43. The highest BCUT2D eigenvalue weighted by Crippen LogP contribution is 2.15. The van der Waals surface area contributed by atoms with Gasteiger partial charge >= 0.3 is 0 Å². The zero-order chi connectivity index (χ0) is 12.8. The number of hydrogen-bond acceptors (Lipinski definition) is 3. The molecule has 1 aromatic carbocycles. The number of para-hydroxylation sites is 1. The zero-order valence-corrected chi connectivity index (χ0v) is 10.3. The van der Waals surface area contributed by atoms with Crippen LogP contribution < -0.4 is 10.6 Å². The van der Waals surface area contributed by atoms with Crippen LogP contribution in [-0.4, -0.2) is 44.4 Å². The van der Waals surface area contributed by atoms with Crippen molar-refractivity contribution in [3.05, 3.63) is 29.8 Å². The normalized spacial score (nSPS) is 9.59. The van der Waals surface area contributed by atoms with E-state index >= 15 is 0 Å². The maximum Gasteiger partial charge on any atom is 0.256 e. The zero-order valence-electron chi connectivity index (χ0n) is 10.3. The molecule has 0 spiro atoms. The maximum absolute atomic E-state index is 12.1. The van der Waals surface area contributed by atoms with Gasteiger partial charge in [0, 0.05) is 26.8 Å². The summed E-state index contributed by atoms with van der Waals surface area (Å²) in [5, 5.41) is 5.43. The second-order valence-corrected chi connectivity index (χ2v) is 3.63. The summed E-state index contributed by atoms with van der Waals surface area (Å²) in [5.41, 5.74) is 1.31. The predicted octanol–water partition coefficient (Wildman–Crippen LogP) is 0.546. The van der Waals surface area contributed by atoms with Gasteiger partial charge in [-0.1, -0.05) is 12.1 Å². The first-order valence-corrected chi connectivity index (χ1v) is 5.33. The van der Waals surface area contributed by atoms with E-state index in [1.807, 2.05) is 12.1 Å². The number of carbonyl (C=O) groups excluding carboxylic acids is 2. The van der Waals surface area contributed by atoms with E-state index in [9.17, 15) is 9.59 Å². The minimum absolute atomic E-state index is 0.0490. The van der Waals surface area contributed by atoms with Crippen LogP contribution in [0.1, 0.15) is 10.4 Å². The molecule has 0 atom stereocenters. The first-order valence-electron chi connectivity index (χ1n) is 5.33. The second kappa shape index (κ2) is 5.89. The molecular formula is C12H17N3O2. The van der Waals surface area contributed by atoms with Gasteiger partial charge in [0.05, 0.1) is 12.1 Å². The van der Waals surface area contributed by atoms with Crippen LogP contribution in [-0.2, 0) is 4.79 Å². The summed E-state index contributed by atoms with van der Waals surface area (Å²) in [6, 6.07) is 7.19. The molecule has 1 aromatic rings. The van der Waals surface area contributed by atoms with Gasteiger partial charge < -0.3 is 15.5 Å². The van der Waals surface area contributed by atoms with Crippen LogP contribution in [0.2, 0.25) is 0 Å². The van der Waals surface area contributed by atoms with Crippen molar-refractivity contribution < 1.29 is 9.59 Å². The van der Waals surface area contributed by atoms with Gasteiger partial charge in [-0.25, -0.2) is 0 Å². The van der Waals surface area contributed by atoms with Gasteiger partial charge in [-0.3, -0.25) is 9.59 Å². The first kappa shape index (κ1) is 13.0. The van der Waals surface area contributed by atoms with Gasteiger partial charge in [0.15, 0.2) is 0 Å². The first-order chi connectivity index (χ1) is 8.10. The third kappa shape index (κ3) is 3.21. The van der Waals surface area contributed by atoms with Crippen LogP contribution in [0.25, 0.3) is 0 Å². The van der Waals surface area contributed by atoms with Crippen LogP contribution in [0.3, 0.4) is 0 Å². The Balaban J connectivity index is 2.85. The van der Waals surface area contributed by atoms with Crippen LogP contribution in [0.4, 0.5) is 5.69 Å². The SMILES string of the molecule is CNC(=O)CN(C)C(=O)c1ccccc1NC. The molecule has 5 heteroatoms. The minimum atomic E-state index is -0.192. The number of rotatable bonds is 4. The Bertz CT molecular complexity index is 418. The van der Waals surface area contributed by atoms with E-state index < -0.39 is 0 Å². The molecule has 0 bridgehead atoms. The highest BCUT2D eigenvalue weighted by molar-refractivity contribution is 6.00. The highest BCUT2D eigenvalue weighted by atomic mass is 16.2. The molecule has 2 amide bonds. The Kier molecular flexibility index (Phi) is 4.51. The summed E-state index contributed by atoms with van der Waals surface area (Å²) < 4.78 is 0. The van der Waals surface area contributed by atoms with Crippen molar-refractivity contribution in [1.29, 1.82) is 0 Å². The van der Waals surface area contributed by atoms with Crippen molar-refractivity contribution in [2.24, 2.45) is 0 Å². The van der Waals surface area contributed by atoms with E-state index in [4.69, 9.17) is 0 Å². The number of likely N-dealkylation sites (N-methyl/N-ethyl adjacent to an activating group) is 2. The fraction of sp³-hybridized carbons (Fsp3) is 0.333. The van der Waals surface area contributed by atoms with Crippen LogP contribution in [0.5, 0.6) is 0 Å². The Morgan fingerprint density at radius 3 is 2.47 bits per heavy atom. The molecule has 0 heterocycles. The molecule has 0 aliphatic carbocycles. The molecule has 92 valence electrons. The van der Waals surface area contributed by atoms with Gasteiger partial charge in [0.25, 0.3) is 5.91 Å². The minimum Gasteiger partial charge on any atom is -0.387 e. The maximum atomic E-state index is 12.1. The lowest BCUT2D eigenvalue weighted by atomic mass is 10.1. The molecule has 0 aliphatic rings. The lowest BCUT2D eigenvalue weighted by Crippen LogP contribution is -2.37. The fourth-order valence-corrected chi connectivity index (χ4v) is 1.46. The summed E-state index contributed by atoms with van der Waals surface area (Å²) in [5.74, 6) is -0.374. The van der Waals surface area contributed by atoms with Crippen molar-refractivity contribution in [2.45, 2.75) is 0 Å². The smallest absolute Gasteiger partial charge is 0.256 e. The number of amides is 2. The molecule has 2 N–H and O–H groups in total. The van der Waals surface area contributed by atoms with E-state index in [2.05, 4.69) is 10.6 Å². The van der Waals surface area contributed by atoms with Gasteiger partial charge in [0.1, 0.15) is 0 Å². The van der Waals surface area contributed by atoms with E-state index in [1.165, 1.54) is 4.90 Å². The molecule has 0 saturated heterocycles. The lowest BCUT2D eigenvalue weighted by molar-refractivity contribution is -0.121. The topological polar surface area (TPSA) is 61.4 Å². The Morgan fingerprint density at radius 2 is 1.88 bits per heavy atom. The third-order valence-electron chi connectivity index (χ3n) is 2.43. The summed E-state index contributed by atoms with van der Waals surface area (Å²) >= 11 is 0. The van der Waals surface area contributed by atoms with Gasteiger partial charge in [-0.2, -0.15) is 0 Å². The van der Waals surface area contributed by atoms with Crippen molar-refractivity contribution in [2.75, 3.05) is 33.0 Å². The van der Waals surface area contributed by atoms with Crippen molar-refractivity contribution >= 4 is 17.5 Å². The predicted molar refractivity (Wildman–Crippen MR) is 67.0 cm³/mol. The molecular weight excluding hydrogens is 218 g/mol. The summed E-state index contributed by atoms with van der Waals surface area (Å²) in [6.07, 6.45) is 0. The molecule has 0 radical (unpaired) electrons. The number of hydrogen-bond donors (Lipinski definition) is 2. The molecule has 0 unspecified atom stereocenters. The van der Waals surface area contributed by atoms with Crippen molar-refractivity contribution in [1.82, 2.24) is 10.2 Å². The van der Waals surface area contributed by atoms with Crippen LogP contribution in [0, 0.1) is 0 Å². The van der Waals surface area contributed by atoms with Gasteiger partial charge in [0.2, 0.25) is 5.91 Å². The van der Waals surface area contributed by atoms with Crippen molar-refractivity contribution in [3.8, 4) is 0 Å². The average Bonchev–Trinajstić information content (AvgIpc) is 2.37. The van der Waals surface area contributed by atoms with Gasteiger partial charge in [-0.15, -0.1) is 0 Å². The lowest BCUT2D eigenvalue weighted by Gasteiger charge is -2.17. The fourth-order valence-electron chi connectivity index (χ4n) is 1.46. The summed E-state index contributed by atoms with van der Waals surface area (Å²) in [6.45, 7) is 0.0490. The Hall–Kier alpha value is -2.04. The second-order valence-electron chi connectivity index (χ2n) is 3.63. The number of anilines is 1.